The summed E-state index contributed by atoms with van der Waals surface area (Å²) < 4.78 is 0. The molecule has 0 bridgehead atoms. The van der Waals surface area contributed by atoms with Gasteiger partial charge in [-0.05, 0) is 52.0 Å². The molecular formula is C28H40N4O6. The standard InChI is InChI=1S/C28H40N4O6/c1-18(33)23(34)15-9-5-8-13-20-24(35)31-28(2,3)27(38)30-21(17-19-11-6-4-7-12-19)26(37)32-16-10-14-22(32)25(36)29-20/h4,6-7,11-12,18,20-22,33H,5,8-10,13-17H2,1-3H3,(H,29,36)(H,30,38)(H,31,35)/t18-,20-,21-,22+/m1/s1. The Bertz CT molecular complexity index is 1030. The van der Waals surface area contributed by atoms with E-state index in [9.17, 15) is 29.1 Å². The summed E-state index contributed by atoms with van der Waals surface area (Å²) in [7, 11) is 0. The molecule has 10 heteroatoms. The Kier molecular flexibility index (Phi) is 10.0. The Hall–Kier alpha value is -3.27. The van der Waals surface area contributed by atoms with Gasteiger partial charge < -0.3 is 26.0 Å². The van der Waals surface area contributed by atoms with E-state index in [1.54, 1.807) is 13.8 Å². The Morgan fingerprint density at radius 1 is 1.03 bits per heavy atom. The van der Waals surface area contributed by atoms with Gasteiger partial charge >= 0.3 is 0 Å². The maximum absolute atomic E-state index is 13.6. The van der Waals surface area contributed by atoms with Crippen molar-refractivity contribution in [1.82, 2.24) is 20.9 Å². The van der Waals surface area contributed by atoms with Crippen molar-refractivity contribution in [3.05, 3.63) is 35.9 Å². The molecule has 0 spiro atoms. The molecule has 208 valence electrons. The van der Waals surface area contributed by atoms with Crippen LogP contribution in [-0.2, 0) is 30.4 Å². The lowest BCUT2D eigenvalue weighted by Crippen LogP contribution is -2.64. The molecule has 0 aromatic heterocycles. The highest BCUT2D eigenvalue weighted by molar-refractivity contribution is 5.99. The van der Waals surface area contributed by atoms with Gasteiger partial charge in [0.2, 0.25) is 23.6 Å². The Labute approximate surface area is 223 Å². The minimum absolute atomic E-state index is 0.230. The monoisotopic (exact) mass is 528 g/mol. The average molecular weight is 529 g/mol. The Morgan fingerprint density at radius 2 is 1.74 bits per heavy atom. The summed E-state index contributed by atoms with van der Waals surface area (Å²) in [5.41, 5.74) is -0.460. The molecule has 0 aliphatic carbocycles. The molecule has 0 saturated carbocycles. The topological polar surface area (TPSA) is 145 Å². The van der Waals surface area contributed by atoms with Crippen molar-refractivity contribution in [1.29, 1.82) is 0 Å². The number of aliphatic hydroxyl groups is 1. The zero-order valence-electron chi connectivity index (χ0n) is 22.5. The van der Waals surface area contributed by atoms with Crippen LogP contribution in [0.4, 0.5) is 0 Å². The zero-order chi connectivity index (χ0) is 27.9. The quantitative estimate of drug-likeness (QED) is 0.352. The van der Waals surface area contributed by atoms with Gasteiger partial charge in [-0.15, -0.1) is 0 Å². The van der Waals surface area contributed by atoms with E-state index in [0.29, 0.717) is 45.1 Å². The molecular weight excluding hydrogens is 488 g/mol. The van der Waals surface area contributed by atoms with E-state index < -0.39 is 41.6 Å². The van der Waals surface area contributed by atoms with Crippen LogP contribution in [0.5, 0.6) is 0 Å². The molecule has 0 radical (unpaired) electrons. The summed E-state index contributed by atoms with van der Waals surface area (Å²) in [4.78, 5) is 66.7. The first-order valence-electron chi connectivity index (χ1n) is 13.5. The molecule has 1 aromatic carbocycles. The maximum Gasteiger partial charge on any atom is 0.246 e. The van der Waals surface area contributed by atoms with Gasteiger partial charge in [0, 0.05) is 19.4 Å². The predicted molar refractivity (Wildman–Crippen MR) is 141 cm³/mol. The lowest BCUT2D eigenvalue weighted by molar-refractivity contribution is -0.144. The van der Waals surface area contributed by atoms with Gasteiger partial charge in [-0.2, -0.15) is 0 Å². The summed E-state index contributed by atoms with van der Waals surface area (Å²) in [6.45, 7) is 4.96. The lowest BCUT2D eigenvalue weighted by Gasteiger charge is -2.34. The number of amides is 4. The number of benzene rings is 1. The SMILES string of the molecule is C[C@@H](O)C(=O)CCCCC[C@H]1NC(=O)[C@@H]2CCCN2C(=O)[C@@H](Cc2ccccc2)NC(=O)C(C)(C)NC1=O. The first kappa shape index (κ1) is 29.3. The van der Waals surface area contributed by atoms with Crippen molar-refractivity contribution < 1.29 is 29.1 Å². The highest BCUT2D eigenvalue weighted by Gasteiger charge is 2.42. The van der Waals surface area contributed by atoms with Gasteiger partial charge in [0.05, 0.1) is 0 Å². The second-order valence-corrected chi connectivity index (χ2v) is 10.8. The first-order chi connectivity index (χ1) is 18.0. The zero-order valence-corrected chi connectivity index (χ0v) is 22.5. The van der Waals surface area contributed by atoms with Crippen LogP contribution in [0.25, 0.3) is 0 Å². The van der Waals surface area contributed by atoms with Crippen molar-refractivity contribution >= 4 is 29.4 Å². The van der Waals surface area contributed by atoms with Gasteiger partial charge in [0.1, 0.15) is 29.8 Å². The predicted octanol–water partition coefficient (Wildman–Crippen LogP) is 0.999. The fourth-order valence-electron chi connectivity index (χ4n) is 4.91. The lowest BCUT2D eigenvalue weighted by atomic mass is 9.98. The van der Waals surface area contributed by atoms with Crippen molar-refractivity contribution in [3.63, 3.8) is 0 Å². The van der Waals surface area contributed by atoms with Crippen molar-refractivity contribution in [2.24, 2.45) is 0 Å². The number of rotatable bonds is 9. The summed E-state index contributed by atoms with van der Waals surface area (Å²) in [5.74, 6) is -1.90. The van der Waals surface area contributed by atoms with Gasteiger partial charge in [-0.1, -0.05) is 43.2 Å². The van der Waals surface area contributed by atoms with E-state index in [0.717, 1.165) is 5.56 Å². The maximum atomic E-state index is 13.6. The Morgan fingerprint density at radius 3 is 2.42 bits per heavy atom. The molecule has 3 rings (SSSR count). The molecule has 10 nitrogen and oxygen atoms in total. The smallest absolute Gasteiger partial charge is 0.246 e. The van der Waals surface area contributed by atoms with Gasteiger partial charge in [-0.3, -0.25) is 24.0 Å². The van der Waals surface area contributed by atoms with Gasteiger partial charge in [0.15, 0.2) is 5.78 Å². The number of Topliss-reactive ketones (excluding diaryl/α,β-unsaturated/α-hetero) is 1. The normalized spacial score (nSPS) is 24.8. The van der Waals surface area contributed by atoms with Crippen molar-refractivity contribution in [3.8, 4) is 0 Å². The highest BCUT2D eigenvalue weighted by Crippen LogP contribution is 2.21. The molecule has 2 saturated heterocycles. The Balaban J connectivity index is 1.78. The number of nitrogens with one attached hydrogen (secondary N) is 3. The van der Waals surface area contributed by atoms with Crippen LogP contribution < -0.4 is 16.0 Å². The molecule has 38 heavy (non-hydrogen) atoms. The molecule has 1 aromatic rings. The number of carbonyl (C=O) groups excluding carboxylic acids is 5. The highest BCUT2D eigenvalue weighted by atomic mass is 16.3. The number of ketones is 1. The number of hydrogen-bond donors (Lipinski definition) is 4. The van der Waals surface area contributed by atoms with Crippen LogP contribution in [0.3, 0.4) is 0 Å². The summed E-state index contributed by atoms with van der Waals surface area (Å²) in [6, 6.07) is 6.85. The summed E-state index contributed by atoms with van der Waals surface area (Å²) >= 11 is 0. The molecule has 4 N–H and O–H groups in total. The minimum Gasteiger partial charge on any atom is -0.386 e. The molecule has 2 aliphatic heterocycles. The second kappa shape index (κ2) is 13.0. The van der Waals surface area contributed by atoms with Crippen LogP contribution in [0.1, 0.15) is 71.3 Å². The van der Waals surface area contributed by atoms with Gasteiger partial charge in [-0.25, -0.2) is 0 Å². The number of aliphatic hydroxyl groups excluding tert-OH is 1. The van der Waals surface area contributed by atoms with Crippen LogP contribution in [0.15, 0.2) is 30.3 Å². The van der Waals surface area contributed by atoms with E-state index in [2.05, 4.69) is 16.0 Å². The largest absolute Gasteiger partial charge is 0.386 e. The molecule has 2 fully saturated rings. The van der Waals surface area contributed by atoms with Crippen LogP contribution >= 0.6 is 0 Å². The number of carbonyl (C=O) groups is 5. The third kappa shape index (κ3) is 7.63. The fraction of sp³-hybridized carbons (Fsp3) is 0.607. The van der Waals surface area contributed by atoms with Crippen LogP contribution in [-0.4, -0.2) is 75.7 Å². The van der Waals surface area contributed by atoms with Crippen molar-refractivity contribution in [2.75, 3.05) is 6.54 Å². The molecule has 4 amide bonds. The van der Waals surface area contributed by atoms with E-state index in [4.69, 9.17) is 0 Å². The summed E-state index contributed by atoms with van der Waals surface area (Å²) in [5, 5.41) is 17.8. The van der Waals surface area contributed by atoms with Crippen LogP contribution in [0.2, 0.25) is 0 Å². The number of nitrogens with zero attached hydrogens (tertiary/aromatic N) is 1. The number of unbranched alkanes of at least 4 members (excludes halogenated alkanes) is 2. The number of fused-ring (bicyclic) bond motifs is 1. The minimum atomic E-state index is -1.33. The van der Waals surface area contributed by atoms with E-state index in [-0.39, 0.29) is 30.4 Å². The summed E-state index contributed by atoms with van der Waals surface area (Å²) in [6.07, 6.45) is 2.72. The van der Waals surface area contributed by atoms with E-state index >= 15 is 0 Å². The molecule has 4 atom stereocenters. The van der Waals surface area contributed by atoms with Gasteiger partial charge in [0.25, 0.3) is 0 Å². The average Bonchev–Trinajstić information content (AvgIpc) is 3.36. The number of hydrogen-bond acceptors (Lipinski definition) is 6. The molecule has 0 unspecified atom stereocenters. The molecule has 2 heterocycles. The van der Waals surface area contributed by atoms with Crippen LogP contribution in [0, 0.1) is 0 Å². The van der Waals surface area contributed by atoms with E-state index in [1.165, 1.54) is 11.8 Å². The van der Waals surface area contributed by atoms with Crippen molar-refractivity contribution in [2.45, 2.75) is 102 Å². The third-order valence-corrected chi connectivity index (χ3v) is 7.24. The molecule has 2 aliphatic rings. The fourth-order valence-corrected chi connectivity index (χ4v) is 4.91. The third-order valence-electron chi connectivity index (χ3n) is 7.24. The first-order valence-corrected chi connectivity index (χ1v) is 13.5. The second-order valence-electron chi connectivity index (χ2n) is 10.8. The van der Waals surface area contributed by atoms with E-state index in [1.807, 2.05) is 30.3 Å².